The molecule has 0 saturated carbocycles. The molecule has 0 bridgehead atoms. The van der Waals surface area contributed by atoms with Crippen LogP contribution in [0.1, 0.15) is 28.8 Å². The van der Waals surface area contributed by atoms with Gasteiger partial charge in [-0.05, 0) is 49.6 Å². The molecule has 7 heteroatoms. The first kappa shape index (κ1) is 19.5. The van der Waals surface area contributed by atoms with Gasteiger partial charge >= 0.3 is 0 Å². The van der Waals surface area contributed by atoms with Crippen LogP contribution in [0.2, 0.25) is 5.02 Å². The first-order chi connectivity index (χ1) is 14.1. The van der Waals surface area contributed by atoms with Crippen LogP contribution < -0.4 is 10.1 Å². The van der Waals surface area contributed by atoms with Gasteiger partial charge < -0.3 is 14.8 Å². The predicted octanol–water partition coefficient (Wildman–Crippen LogP) is 4.64. The van der Waals surface area contributed by atoms with Crippen molar-refractivity contribution in [2.24, 2.45) is 0 Å². The van der Waals surface area contributed by atoms with Gasteiger partial charge in [-0.2, -0.15) is 5.10 Å². The summed E-state index contributed by atoms with van der Waals surface area (Å²) in [6.07, 6.45) is 5.32. The summed E-state index contributed by atoms with van der Waals surface area (Å²) < 4.78 is 13.2. The van der Waals surface area contributed by atoms with Crippen molar-refractivity contribution < 1.29 is 14.3 Å². The lowest BCUT2D eigenvalue weighted by Gasteiger charge is -2.15. The highest BCUT2D eigenvalue weighted by atomic mass is 35.5. The molecule has 1 fully saturated rings. The largest absolute Gasteiger partial charge is 0.489 e. The lowest BCUT2D eigenvalue weighted by molar-refractivity contribution is 0.0681. The number of anilines is 1. The van der Waals surface area contributed by atoms with Crippen LogP contribution in [0.3, 0.4) is 0 Å². The van der Waals surface area contributed by atoms with Gasteiger partial charge in [-0.15, -0.1) is 0 Å². The third kappa shape index (κ3) is 4.60. The predicted molar refractivity (Wildman–Crippen MR) is 112 cm³/mol. The lowest BCUT2D eigenvalue weighted by Crippen LogP contribution is -2.18. The molecule has 0 aliphatic carbocycles. The molecule has 0 radical (unpaired) electrons. The van der Waals surface area contributed by atoms with Crippen molar-refractivity contribution in [1.29, 1.82) is 0 Å². The van der Waals surface area contributed by atoms with E-state index in [0.29, 0.717) is 34.3 Å². The standard InChI is InChI=1S/C22H22ClN3O3/c1-15-8-9-19(21(11-15)29-14-17-5-4-10-28-17)25-22(27)16-12-24-26(13-16)20-7-3-2-6-18(20)23/h2-3,6-9,11-13,17H,4-5,10,14H2,1H3,(H,25,27). The van der Waals surface area contributed by atoms with E-state index < -0.39 is 0 Å². The zero-order valence-corrected chi connectivity index (χ0v) is 16.9. The lowest BCUT2D eigenvalue weighted by atomic mass is 10.2. The van der Waals surface area contributed by atoms with E-state index in [1.165, 1.54) is 6.20 Å². The fourth-order valence-electron chi connectivity index (χ4n) is 3.21. The third-order valence-corrected chi connectivity index (χ3v) is 5.10. The minimum absolute atomic E-state index is 0.105. The van der Waals surface area contributed by atoms with E-state index in [0.717, 1.165) is 25.0 Å². The van der Waals surface area contributed by atoms with Gasteiger partial charge in [0, 0.05) is 12.8 Å². The molecule has 1 unspecified atom stereocenters. The van der Waals surface area contributed by atoms with E-state index in [-0.39, 0.29) is 12.0 Å². The number of benzene rings is 2. The van der Waals surface area contributed by atoms with Crippen molar-refractivity contribution in [3.63, 3.8) is 0 Å². The van der Waals surface area contributed by atoms with Gasteiger partial charge in [0.25, 0.3) is 5.91 Å². The summed E-state index contributed by atoms with van der Waals surface area (Å²) in [5.74, 6) is 0.362. The van der Waals surface area contributed by atoms with Crippen LogP contribution in [0, 0.1) is 6.92 Å². The number of nitrogens with one attached hydrogen (secondary N) is 1. The van der Waals surface area contributed by atoms with E-state index in [9.17, 15) is 4.79 Å². The SMILES string of the molecule is Cc1ccc(NC(=O)c2cnn(-c3ccccc3Cl)c2)c(OCC2CCCO2)c1. The van der Waals surface area contributed by atoms with Crippen LogP contribution in [-0.2, 0) is 4.74 Å². The van der Waals surface area contributed by atoms with Crippen LogP contribution in [0.4, 0.5) is 5.69 Å². The summed E-state index contributed by atoms with van der Waals surface area (Å²) in [7, 11) is 0. The van der Waals surface area contributed by atoms with E-state index in [2.05, 4.69) is 10.4 Å². The molecule has 150 valence electrons. The number of carbonyl (C=O) groups excluding carboxylic acids is 1. The summed E-state index contributed by atoms with van der Waals surface area (Å²) in [5, 5.41) is 7.74. The fourth-order valence-corrected chi connectivity index (χ4v) is 3.44. The van der Waals surface area contributed by atoms with Crippen molar-refractivity contribution in [1.82, 2.24) is 9.78 Å². The molecule has 1 aliphatic heterocycles. The monoisotopic (exact) mass is 411 g/mol. The Morgan fingerprint density at radius 2 is 2.21 bits per heavy atom. The Balaban J connectivity index is 1.49. The highest BCUT2D eigenvalue weighted by molar-refractivity contribution is 6.32. The maximum absolute atomic E-state index is 12.8. The molecule has 0 spiro atoms. The van der Waals surface area contributed by atoms with Gasteiger partial charge in [0.1, 0.15) is 12.4 Å². The first-order valence-electron chi connectivity index (χ1n) is 9.56. The number of nitrogens with zero attached hydrogens (tertiary/aromatic N) is 2. The molecular weight excluding hydrogens is 390 g/mol. The topological polar surface area (TPSA) is 65.4 Å². The molecule has 4 rings (SSSR count). The number of amides is 1. The minimum atomic E-state index is -0.269. The van der Waals surface area contributed by atoms with Crippen molar-refractivity contribution in [3.8, 4) is 11.4 Å². The molecule has 1 saturated heterocycles. The van der Waals surface area contributed by atoms with Crippen LogP contribution in [0.5, 0.6) is 5.75 Å². The fraction of sp³-hybridized carbons (Fsp3) is 0.273. The van der Waals surface area contributed by atoms with Gasteiger partial charge in [-0.25, -0.2) is 4.68 Å². The first-order valence-corrected chi connectivity index (χ1v) is 9.94. The summed E-state index contributed by atoms with van der Waals surface area (Å²) in [5.41, 5.74) is 2.81. The van der Waals surface area contributed by atoms with Gasteiger partial charge in [-0.1, -0.05) is 29.8 Å². The number of hydrogen-bond acceptors (Lipinski definition) is 4. The molecule has 2 heterocycles. The number of aryl methyl sites for hydroxylation is 1. The Bertz CT molecular complexity index is 1010. The van der Waals surface area contributed by atoms with Crippen molar-refractivity contribution >= 4 is 23.2 Å². The number of hydrogen-bond donors (Lipinski definition) is 1. The number of carbonyl (C=O) groups is 1. The maximum atomic E-state index is 12.8. The quantitative estimate of drug-likeness (QED) is 0.641. The second-order valence-electron chi connectivity index (χ2n) is 7.02. The second kappa shape index (κ2) is 8.68. The molecule has 1 aliphatic rings. The Morgan fingerprint density at radius 3 is 3.00 bits per heavy atom. The Labute approximate surface area is 174 Å². The van der Waals surface area contributed by atoms with E-state index >= 15 is 0 Å². The third-order valence-electron chi connectivity index (χ3n) is 4.78. The molecule has 3 aromatic rings. The van der Waals surface area contributed by atoms with Crippen molar-refractivity contribution in [2.45, 2.75) is 25.9 Å². The van der Waals surface area contributed by atoms with Gasteiger partial charge in [0.05, 0.1) is 34.3 Å². The minimum Gasteiger partial charge on any atom is -0.489 e. The number of rotatable bonds is 6. The highest BCUT2D eigenvalue weighted by Crippen LogP contribution is 2.28. The van der Waals surface area contributed by atoms with Crippen LogP contribution >= 0.6 is 11.6 Å². The normalized spacial score (nSPS) is 16.0. The van der Waals surface area contributed by atoms with Gasteiger partial charge in [0.15, 0.2) is 0 Å². The second-order valence-corrected chi connectivity index (χ2v) is 7.43. The summed E-state index contributed by atoms with van der Waals surface area (Å²) in [6.45, 7) is 3.23. The number of halogens is 1. The number of para-hydroxylation sites is 1. The average Bonchev–Trinajstić information content (AvgIpc) is 3.40. The average molecular weight is 412 g/mol. The highest BCUT2D eigenvalue weighted by Gasteiger charge is 2.18. The Hall–Kier alpha value is -2.83. The smallest absolute Gasteiger partial charge is 0.258 e. The van der Waals surface area contributed by atoms with E-state index in [4.69, 9.17) is 21.1 Å². The molecule has 1 aromatic heterocycles. The van der Waals surface area contributed by atoms with Gasteiger partial charge in [-0.3, -0.25) is 4.79 Å². The van der Waals surface area contributed by atoms with Crippen LogP contribution in [0.15, 0.2) is 54.9 Å². The molecular formula is C22H22ClN3O3. The molecule has 1 amide bonds. The summed E-state index contributed by atoms with van der Waals surface area (Å²) >= 11 is 6.21. The van der Waals surface area contributed by atoms with Gasteiger partial charge in [0.2, 0.25) is 0 Å². The molecule has 29 heavy (non-hydrogen) atoms. The molecule has 6 nitrogen and oxygen atoms in total. The van der Waals surface area contributed by atoms with Crippen LogP contribution in [-0.4, -0.2) is 35.0 Å². The van der Waals surface area contributed by atoms with Crippen LogP contribution in [0.25, 0.3) is 5.69 Å². The Kier molecular flexibility index (Phi) is 5.83. The molecule has 2 aromatic carbocycles. The van der Waals surface area contributed by atoms with Crippen molar-refractivity contribution in [3.05, 3.63) is 71.0 Å². The number of ether oxygens (including phenoxy) is 2. The van der Waals surface area contributed by atoms with E-state index in [1.807, 2.05) is 43.3 Å². The summed E-state index contributed by atoms with van der Waals surface area (Å²) in [6, 6.07) is 13.0. The van der Waals surface area contributed by atoms with Crippen molar-refractivity contribution in [2.75, 3.05) is 18.5 Å². The molecule has 1 N–H and O–H groups in total. The van der Waals surface area contributed by atoms with E-state index in [1.54, 1.807) is 16.9 Å². The Morgan fingerprint density at radius 1 is 1.34 bits per heavy atom. The zero-order chi connectivity index (χ0) is 20.2. The zero-order valence-electron chi connectivity index (χ0n) is 16.1. The maximum Gasteiger partial charge on any atom is 0.258 e. The summed E-state index contributed by atoms with van der Waals surface area (Å²) in [4.78, 5) is 12.8. The number of aromatic nitrogens is 2. The molecule has 1 atom stereocenters.